The van der Waals surface area contributed by atoms with Crippen molar-refractivity contribution in [1.82, 2.24) is 24.9 Å². The molecule has 0 saturated heterocycles. The van der Waals surface area contributed by atoms with Gasteiger partial charge in [-0.1, -0.05) is 11.6 Å². The van der Waals surface area contributed by atoms with Crippen molar-refractivity contribution in [1.29, 1.82) is 0 Å². The fourth-order valence-corrected chi connectivity index (χ4v) is 3.08. The average molecular weight is 402 g/mol. The van der Waals surface area contributed by atoms with Gasteiger partial charge >= 0.3 is 0 Å². The van der Waals surface area contributed by atoms with E-state index >= 15 is 0 Å². The fraction of sp³-hybridized carbons (Fsp3) is 0.350. The highest BCUT2D eigenvalue weighted by molar-refractivity contribution is 6.32. The number of nitrogens with one attached hydrogen (secondary N) is 1. The summed E-state index contributed by atoms with van der Waals surface area (Å²) in [6.45, 7) is 7.96. The molecule has 1 atom stereocenters. The molecule has 0 aliphatic carbocycles. The van der Waals surface area contributed by atoms with Crippen LogP contribution in [0.2, 0.25) is 5.02 Å². The molecule has 3 aromatic rings. The zero-order valence-electron chi connectivity index (χ0n) is 16.7. The van der Waals surface area contributed by atoms with Gasteiger partial charge < -0.3 is 10.1 Å². The van der Waals surface area contributed by atoms with Crippen LogP contribution in [0.5, 0.6) is 5.75 Å². The fourth-order valence-electron chi connectivity index (χ4n) is 2.97. The minimum atomic E-state index is -0.243. The van der Waals surface area contributed by atoms with E-state index in [1.807, 2.05) is 46.9 Å². The molecule has 7 nitrogen and oxygen atoms in total. The maximum Gasteiger partial charge on any atom is 0.272 e. The van der Waals surface area contributed by atoms with Gasteiger partial charge in [0.15, 0.2) is 6.73 Å². The Morgan fingerprint density at radius 1 is 1.29 bits per heavy atom. The Balaban J connectivity index is 1.62. The Bertz CT molecular complexity index is 985. The highest BCUT2D eigenvalue weighted by Gasteiger charge is 2.17. The second kappa shape index (κ2) is 8.06. The molecule has 2 aromatic heterocycles. The first kappa shape index (κ1) is 19.9. The van der Waals surface area contributed by atoms with Gasteiger partial charge in [0.05, 0.1) is 12.2 Å². The van der Waals surface area contributed by atoms with Crippen LogP contribution in [0.25, 0.3) is 0 Å². The molecular formula is C20H24ClN5O2. The number of aryl methyl sites for hydroxylation is 3. The highest BCUT2D eigenvalue weighted by atomic mass is 35.5. The van der Waals surface area contributed by atoms with E-state index in [1.165, 1.54) is 0 Å². The number of carbonyl (C=O) groups excluding carboxylic acids is 1. The summed E-state index contributed by atoms with van der Waals surface area (Å²) >= 11 is 6.18. The molecule has 0 radical (unpaired) electrons. The maximum absolute atomic E-state index is 12.5. The summed E-state index contributed by atoms with van der Waals surface area (Å²) in [6.07, 6.45) is 3.48. The van der Waals surface area contributed by atoms with Gasteiger partial charge in [0.1, 0.15) is 11.4 Å². The van der Waals surface area contributed by atoms with E-state index in [-0.39, 0.29) is 18.7 Å². The number of hydrogen-bond donors (Lipinski definition) is 1. The molecule has 0 spiro atoms. The van der Waals surface area contributed by atoms with Gasteiger partial charge in [-0.05, 0) is 57.0 Å². The smallest absolute Gasteiger partial charge is 0.272 e. The molecule has 1 amide bonds. The SMILES string of the molecule is Cc1cc(OCn2ccc(C(=O)NC(C)c3cnn(C)c3C)n2)cc(C)c1Cl. The van der Waals surface area contributed by atoms with Crippen LogP contribution in [-0.2, 0) is 13.8 Å². The quantitative estimate of drug-likeness (QED) is 0.683. The van der Waals surface area contributed by atoms with E-state index in [1.54, 1.807) is 27.8 Å². The lowest BCUT2D eigenvalue weighted by molar-refractivity contribution is 0.0932. The zero-order chi connectivity index (χ0) is 20.4. The third-order valence-corrected chi connectivity index (χ3v) is 5.33. The third kappa shape index (κ3) is 4.20. The van der Waals surface area contributed by atoms with Crippen LogP contribution in [0, 0.1) is 20.8 Å². The van der Waals surface area contributed by atoms with Crippen molar-refractivity contribution >= 4 is 17.5 Å². The summed E-state index contributed by atoms with van der Waals surface area (Å²) in [5, 5.41) is 12.2. The molecule has 148 valence electrons. The van der Waals surface area contributed by atoms with Gasteiger partial charge in [-0.3, -0.25) is 9.48 Å². The van der Waals surface area contributed by atoms with E-state index in [4.69, 9.17) is 16.3 Å². The maximum atomic E-state index is 12.5. The van der Waals surface area contributed by atoms with Gasteiger partial charge in [-0.25, -0.2) is 4.68 Å². The zero-order valence-corrected chi connectivity index (χ0v) is 17.4. The van der Waals surface area contributed by atoms with Gasteiger partial charge in [-0.2, -0.15) is 10.2 Å². The van der Waals surface area contributed by atoms with Crippen molar-refractivity contribution in [2.75, 3.05) is 0 Å². The first-order valence-corrected chi connectivity index (χ1v) is 9.36. The largest absolute Gasteiger partial charge is 0.471 e. The predicted octanol–water partition coefficient (Wildman–Crippen LogP) is 3.72. The van der Waals surface area contributed by atoms with Gasteiger partial charge in [0.2, 0.25) is 0 Å². The predicted molar refractivity (Wildman–Crippen MR) is 108 cm³/mol. The van der Waals surface area contributed by atoms with Crippen molar-refractivity contribution < 1.29 is 9.53 Å². The Kier molecular flexibility index (Phi) is 5.74. The Morgan fingerprint density at radius 2 is 1.96 bits per heavy atom. The second-order valence-corrected chi connectivity index (χ2v) is 7.27. The number of rotatable bonds is 6. The van der Waals surface area contributed by atoms with Crippen molar-refractivity contribution in [3.05, 3.63) is 63.7 Å². The normalized spacial score (nSPS) is 12.1. The number of hydrogen-bond acceptors (Lipinski definition) is 4. The molecule has 0 fully saturated rings. The summed E-state index contributed by atoms with van der Waals surface area (Å²) < 4.78 is 9.13. The summed E-state index contributed by atoms with van der Waals surface area (Å²) in [5.41, 5.74) is 4.24. The first-order valence-electron chi connectivity index (χ1n) is 8.98. The Morgan fingerprint density at radius 3 is 2.57 bits per heavy atom. The monoisotopic (exact) mass is 401 g/mol. The number of halogens is 1. The third-order valence-electron chi connectivity index (χ3n) is 4.73. The van der Waals surface area contributed by atoms with Crippen LogP contribution in [0.3, 0.4) is 0 Å². The lowest BCUT2D eigenvalue weighted by atomic mass is 10.1. The molecule has 1 unspecified atom stereocenters. The number of carbonyl (C=O) groups is 1. The topological polar surface area (TPSA) is 74.0 Å². The number of aromatic nitrogens is 4. The minimum Gasteiger partial charge on any atom is -0.471 e. The molecule has 28 heavy (non-hydrogen) atoms. The van der Waals surface area contributed by atoms with E-state index in [2.05, 4.69) is 15.5 Å². The summed E-state index contributed by atoms with van der Waals surface area (Å²) in [7, 11) is 1.87. The van der Waals surface area contributed by atoms with Crippen molar-refractivity contribution in [3.63, 3.8) is 0 Å². The summed E-state index contributed by atoms with van der Waals surface area (Å²) in [4.78, 5) is 12.5. The Hall–Kier alpha value is -2.80. The molecule has 2 heterocycles. The molecule has 3 rings (SSSR count). The lowest BCUT2D eigenvalue weighted by Gasteiger charge is -2.12. The van der Waals surface area contributed by atoms with Crippen LogP contribution >= 0.6 is 11.6 Å². The average Bonchev–Trinajstić information content (AvgIpc) is 3.25. The standard InChI is InChI=1S/C20H24ClN5O2/c1-12-8-16(9-13(2)19(12)21)28-11-26-7-6-18(24-26)20(27)23-14(3)17-10-22-25(5)15(17)4/h6-10,14H,11H2,1-5H3,(H,23,27). The highest BCUT2D eigenvalue weighted by Crippen LogP contribution is 2.26. The van der Waals surface area contributed by atoms with E-state index in [0.29, 0.717) is 11.4 Å². The summed E-state index contributed by atoms with van der Waals surface area (Å²) in [6, 6.07) is 5.26. The minimum absolute atomic E-state index is 0.164. The van der Waals surface area contributed by atoms with Crippen LogP contribution < -0.4 is 10.1 Å². The van der Waals surface area contributed by atoms with E-state index in [9.17, 15) is 4.79 Å². The van der Waals surface area contributed by atoms with Gasteiger partial charge in [0.25, 0.3) is 5.91 Å². The van der Waals surface area contributed by atoms with Crippen LogP contribution in [0.1, 0.15) is 45.8 Å². The van der Waals surface area contributed by atoms with Crippen LogP contribution in [0.15, 0.2) is 30.6 Å². The van der Waals surface area contributed by atoms with E-state index in [0.717, 1.165) is 27.4 Å². The number of nitrogens with zero attached hydrogens (tertiary/aromatic N) is 4. The number of benzene rings is 1. The molecule has 1 aromatic carbocycles. The molecule has 0 bridgehead atoms. The summed E-state index contributed by atoms with van der Waals surface area (Å²) in [5.74, 6) is 0.467. The van der Waals surface area contributed by atoms with Gasteiger partial charge in [-0.15, -0.1) is 0 Å². The first-order chi connectivity index (χ1) is 13.3. The number of amides is 1. The van der Waals surface area contributed by atoms with Crippen molar-refractivity contribution in [2.24, 2.45) is 7.05 Å². The van der Waals surface area contributed by atoms with Crippen molar-refractivity contribution in [2.45, 2.75) is 40.5 Å². The van der Waals surface area contributed by atoms with E-state index < -0.39 is 0 Å². The van der Waals surface area contributed by atoms with Crippen LogP contribution in [-0.4, -0.2) is 25.5 Å². The molecular weight excluding hydrogens is 378 g/mol. The molecule has 1 N–H and O–H groups in total. The van der Waals surface area contributed by atoms with Gasteiger partial charge in [0, 0.05) is 29.5 Å². The lowest BCUT2D eigenvalue weighted by Crippen LogP contribution is -2.27. The Labute approximate surface area is 169 Å². The molecule has 8 heteroatoms. The molecule has 0 aliphatic heterocycles. The van der Waals surface area contributed by atoms with Crippen molar-refractivity contribution in [3.8, 4) is 5.75 Å². The second-order valence-electron chi connectivity index (χ2n) is 6.89. The van der Waals surface area contributed by atoms with Crippen LogP contribution in [0.4, 0.5) is 0 Å². The molecule has 0 aliphatic rings. The molecule has 0 saturated carbocycles. The number of ether oxygens (including phenoxy) is 1.